The fourth-order valence-electron chi connectivity index (χ4n) is 1.84. The maximum absolute atomic E-state index is 11.9. The first-order valence-electron chi connectivity index (χ1n) is 5.44. The minimum Gasteiger partial charge on any atom is -0.358 e. The van der Waals surface area contributed by atoms with Crippen molar-refractivity contribution in [3.8, 4) is 0 Å². The first-order chi connectivity index (χ1) is 7.61. The lowest BCUT2D eigenvalue weighted by Gasteiger charge is -2.05. The van der Waals surface area contributed by atoms with Crippen LogP contribution in [0, 0.1) is 6.92 Å². The number of aryl methyl sites for hydroxylation is 2. The molecule has 0 radical (unpaired) electrons. The Hall–Kier alpha value is -1.09. The summed E-state index contributed by atoms with van der Waals surface area (Å²) in [6, 6.07) is 5.61. The highest BCUT2D eigenvalue weighted by molar-refractivity contribution is 9.10. The van der Waals surface area contributed by atoms with E-state index in [9.17, 15) is 4.79 Å². The van der Waals surface area contributed by atoms with Crippen LogP contribution in [0.25, 0.3) is 10.9 Å². The Morgan fingerprint density at radius 2 is 2.06 bits per heavy atom. The van der Waals surface area contributed by atoms with E-state index in [1.54, 1.807) is 6.07 Å². The van der Waals surface area contributed by atoms with Gasteiger partial charge in [-0.3, -0.25) is 4.79 Å². The molecule has 0 spiro atoms. The highest BCUT2D eigenvalue weighted by atomic mass is 79.9. The number of benzene rings is 1. The van der Waals surface area contributed by atoms with E-state index in [1.807, 2.05) is 19.1 Å². The maximum Gasteiger partial charge on any atom is 0.189 e. The Morgan fingerprint density at radius 3 is 2.75 bits per heavy atom. The van der Waals surface area contributed by atoms with Crippen molar-refractivity contribution in [1.82, 2.24) is 4.98 Å². The molecule has 2 nitrogen and oxygen atoms in total. The largest absolute Gasteiger partial charge is 0.358 e. The Balaban J connectivity index is 2.72. The average Bonchev–Trinajstić information content (AvgIpc) is 2.22. The molecule has 1 heterocycles. The standard InChI is InChI=1S/C13H14BrNO/c1-3-4-9-6-13(16)10-5-8(2)11(14)7-12(10)15-9/h5-7H,3-4H2,1-2H3,(H,15,16). The predicted octanol–water partition coefficient (Wildman–Crippen LogP) is 3.55. The van der Waals surface area contributed by atoms with Crippen molar-refractivity contribution in [2.24, 2.45) is 0 Å². The minimum absolute atomic E-state index is 0.104. The fourth-order valence-corrected chi connectivity index (χ4v) is 2.18. The van der Waals surface area contributed by atoms with Gasteiger partial charge in [0.1, 0.15) is 0 Å². The summed E-state index contributed by atoms with van der Waals surface area (Å²) in [5.74, 6) is 0. The first kappa shape index (κ1) is 11.4. The number of halogens is 1. The number of nitrogens with one attached hydrogen (secondary N) is 1. The molecule has 2 rings (SSSR count). The molecular formula is C13H14BrNO. The Bertz CT molecular complexity index is 586. The number of aromatic nitrogens is 1. The van der Waals surface area contributed by atoms with Crippen molar-refractivity contribution in [3.05, 3.63) is 44.2 Å². The lowest BCUT2D eigenvalue weighted by Crippen LogP contribution is -2.05. The van der Waals surface area contributed by atoms with E-state index >= 15 is 0 Å². The van der Waals surface area contributed by atoms with E-state index in [-0.39, 0.29) is 5.43 Å². The topological polar surface area (TPSA) is 32.9 Å². The molecule has 0 saturated heterocycles. The molecule has 0 atom stereocenters. The van der Waals surface area contributed by atoms with Gasteiger partial charge in [-0.05, 0) is 31.0 Å². The van der Waals surface area contributed by atoms with Crippen LogP contribution in [-0.4, -0.2) is 4.98 Å². The monoisotopic (exact) mass is 279 g/mol. The van der Waals surface area contributed by atoms with Crippen LogP contribution >= 0.6 is 15.9 Å². The molecule has 16 heavy (non-hydrogen) atoms. The Kier molecular flexibility index (Phi) is 3.15. The lowest BCUT2D eigenvalue weighted by molar-refractivity contribution is 0.888. The van der Waals surface area contributed by atoms with Gasteiger partial charge >= 0.3 is 0 Å². The van der Waals surface area contributed by atoms with Crippen molar-refractivity contribution < 1.29 is 0 Å². The number of aromatic amines is 1. The summed E-state index contributed by atoms with van der Waals surface area (Å²) in [6.07, 6.45) is 1.95. The lowest BCUT2D eigenvalue weighted by atomic mass is 10.1. The zero-order chi connectivity index (χ0) is 11.7. The van der Waals surface area contributed by atoms with Gasteiger partial charge in [-0.15, -0.1) is 0 Å². The molecule has 1 N–H and O–H groups in total. The second kappa shape index (κ2) is 4.42. The molecule has 0 aliphatic rings. The second-order valence-electron chi connectivity index (χ2n) is 4.06. The molecule has 1 aromatic carbocycles. The highest BCUT2D eigenvalue weighted by Crippen LogP contribution is 2.21. The number of H-pyrrole nitrogens is 1. The van der Waals surface area contributed by atoms with E-state index in [0.717, 1.165) is 39.5 Å². The van der Waals surface area contributed by atoms with Gasteiger partial charge in [0, 0.05) is 21.6 Å². The van der Waals surface area contributed by atoms with Crippen molar-refractivity contribution in [2.75, 3.05) is 0 Å². The van der Waals surface area contributed by atoms with Crippen LogP contribution in [0.5, 0.6) is 0 Å². The highest BCUT2D eigenvalue weighted by Gasteiger charge is 2.04. The summed E-state index contributed by atoms with van der Waals surface area (Å²) in [7, 11) is 0. The second-order valence-corrected chi connectivity index (χ2v) is 4.91. The number of fused-ring (bicyclic) bond motifs is 1. The zero-order valence-corrected chi connectivity index (χ0v) is 11.0. The SMILES string of the molecule is CCCc1cc(=O)c2cc(C)c(Br)cc2[nH]1. The van der Waals surface area contributed by atoms with Gasteiger partial charge in [0.2, 0.25) is 0 Å². The van der Waals surface area contributed by atoms with Crippen LogP contribution in [0.2, 0.25) is 0 Å². The maximum atomic E-state index is 11.9. The first-order valence-corrected chi connectivity index (χ1v) is 6.23. The van der Waals surface area contributed by atoms with Gasteiger partial charge < -0.3 is 4.98 Å². The molecule has 1 aromatic heterocycles. The molecule has 0 aliphatic carbocycles. The summed E-state index contributed by atoms with van der Waals surface area (Å²) in [5.41, 5.74) is 3.11. The molecule has 0 bridgehead atoms. The van der Waals surface area contributed by atoms with Gasteiger partial charge in [-0.1, -0.05) is 29.3 Å². The van der Waals surface area contributed by atoms with Gasteiger partial charge in [0.15, 0.2) is 5.43 Å². The summed E-state index contributed by atoms with van der Waals surface area (Å²) >= 11 is 3.48. The van der Waals surface area contributed by atoms with E-state index < -0.39 is 0 Å². The Morgan fingerprint density at radius 1 is 1.31 bits per heavy atom. The van der Waals surface area contributed by atoms with Gasteiger partial charge in [0.05, 0.1) is 5.52 Å². The predicted molar refractivity (Wildman–Crippen MR) is 71.0 cm³/mol. The van der Waals surface area contributed by atoms with Crippen LogP contribution in [-0.2, 0) is 6.42 Å². The van der Waals surface area contributed by atoms with Crippen LogP contribution in [0.4, 0.5) is 0 Å². The van der Waals surface area contributed by atoms with Crippen molar-refractivity contribution in [1.29, 1.82) is 0 Å². The number of rotatable bonds is 2. The van der Waals surface area contributed by atoms with Crippen LogP contribution in [0.1, 0.15) is 24.6 Å². The number of pyridine rings is 1. The summed E-state index contributed by atoms with van der Waals surface area (Å²) in [4.78, 5) is 15.2. The van der Waals surface area contributed by atoms with Crippen LogP contribution in [0.3, 0.4) is 0 Å². The molecule has 0 aliphatic heterocycles. The molecule has 84 valence electrons. The summed E-state index contributed by atoms with van der Waals surface area (Å²) < 4.78 is 1.03. The quantitative estimate of drug-likeness (QED) is 0.896. The fraction of sp³-hybridized carbons (Fsp3) is 0.308. The average molecular weight is 280 g/mol. The van der Waals surface area contributed by atoms with Gasteiger partial charge in [0.25, 0.3) is 0 Å². The van der Waals surface area contributed by atoms with Crippen LogP contribution in [0.15, 0.2) is 27.5 Å². The number of hydrogen-bond acceptors (Lipinski definition) is 1. The van der Waals surface area contributed by atoms with Gasteiger partial charge in [-0.25, -0.2) is 0 Å². The molecule has 0 amide bonds. The van der Waals surface area contributed by atoms with E-state index in [2.05, 4.69) is 27.8 Å². The van der Waals surface area contributed by atoms with Gasteiger partial charge in [-0.2, -0.15) is 0 Å². The third kappa shape index (κ3) is 2.05. The molecule has 0 fully saturated rings. The van der Waals surface area contributed by atoms with Crippen molar-refractivity contribution >= 4 is 26.8 Å². The third-order valence-corrected chi connectivity index (χ3v) is 3.54. The minimum atomic E-state index is 0.104. The van der Waals surface area contributed by atoms with Crippen LogP contribution < -0.4 is 5.43 Å². The van der Waals surface area contributed by atoms with Crippen molar-refractivity contribution in [2.45, 2.75) is 26.7 Å². The Labute approximate surface area is 103 Å². The molecule has 2 aromatic rings. The molecular weight excluding hydrogens is 266 g/mol. The molecule has 3 heteroatoms. The van der Waals surface area contributed by atoms with E-state index in [0.29, 0.717) is 0 Å². The van der Waals surface area contributed by atoms with E-state index in [1.165, 1.54) is 0 Å². The molecule has 0 saturated carbocycles. The van der Waals surface area contributed by atoms with Crippen molar-refractivity contribution in [3.63, 3.8) is 0 Å². The number of hydrogen-bond donors (Lipinski definition) is 1. The van der Waals surface area contributed by atoms with E-state index in [4.69, 9.17) is 0 Å². The zero-order valence-electron chi connectivity index (χ0n) is 9.43. The molecule has 0 unspecified atom stereocenters. The normalized spacial score (nSPS) is 10.9. The summed E-state index contributed by atoms with van der Waals surface area (Å²) in [6.45, 7) is 4.09. The third-order valence-electron chi connectivity index (χ3n) is 2.68. The smallest absolute Gasteiger partial charge is 0.189 e. The summed E-state index contributed by atoms with van der Waals surface area (Å²) in [5, 5.41) is 0.764.